The van der Waals surface area contributed by atoms with E-state index in [0.717, 1.165) is 0 Å². The Morgan fingerprint density at radius 3 is 2.78 bits per heavy atom. The third kappa shape index (κ3) is 1.93. The summed E-state index contributed by atoms with van der Waals surface area (Å²) in [5.41, 5.74) is -1.41. The maximum Gasteiger partial charge on any atom is 0.404 e. The van der Waals surface area contributed by atoms with Crippen LogP contribution >= 0.6 is 0 Å². The predicted molar refractivity (Wildman–Crippen MR) is 56.4 cm³/mol. The van der Waals surface area contributed by atoms with Crippen molar-refractivity contribution in [2.24, 2.45) is 0 Å². The SMILES string of the molecule is O=C(O)NCC1(c2cccnn2)NC(=O)NC1=O. The lowest BCUT2D eigenvalue weighted by atomic mass is 9.95. The number of imide groups is 1. The van der Waals surface area contributed by atoms with Crippen LogP contribution in [0.3, 0.4) is 0 Å². The van der Waals surface area contributed by atoms with E-state index in [1.54, 1.807) is 0 Å². The van der Waals surface area contributed by atoms with Crippen molar-refractivity contribution in [1.82, 2.24) is 26.1 Å². The Kier molecular flexibility index (Phi) is 2.80. The Hall–Kier alpha value is -2.71. The largest absolute Gasteiger partial charge is 0.465 e. The van der Waals surface area contributed by atoms with Crippen LogP contribution in [-0.2, 0) is 10.3 Å². The van der Waals surface area contributed by atoms with E-state index >= 15 is 0 Å². The third-order valence-electron chi connectivity index (χ3n) is 2.46. The average molecular weight is 251 g/mol. The lowest BCUT2D eigenvalue weighted by Crippen LogP contribution is -2.53. The van der Waals surface area contributed by atoms with Gasteiger partial charge in [-0.2, -0.15) is 10.2 Å². The number of hydrogen-bond donors (Lipinski definition) is 4. The molecule has 1 aromatic rings. The minimum absolute atomic E-state index is 0.155. The van der Waals surface area contributed by atoms with Crippen molar-refractivity contribution < 1.29 is 19.5 Å². The number of carbonyl (C=O) groups is 3. The van der Waals surface area contributed by atoms with Crippen molar-refractivity contribution in [2.75, 3.05) is 6.54 Å². The highest BCUT2D eigenvalue weighted by Crippen LogP contribution is 2.21. The van der Waals surface area contributed by atoms with Crippen LogP contribution in [0.5, 0.6) is 0 Å². The van der Waals surface area contributed by atoms with Crippen molar-refractivity contribution in [3.05, 3.63) is 24.0 Å². The van der Waals surface area contributed by atoms with E-state index in [9.17, 15) is 14.4 Å². The number of rotatable bonds is 3. The van der Waals surface area contributed by atoms with Crippen molar-refractivity contribution >= 4 is 18.0 Å². The summed E-state index contributed by atoms with van der Waals surface area (Å²) in [7, 11) is 0. The van der Waals surface area contributed by atoms with Crippen LogP contribution in [0.2, 0.25) is 0 Å². The molecule has 94 valence electrons. The van der Waals surface area contributed by atoms with Gasteiger partial charge in [0, 0.05) is 6.20 Å². The fourth-order valence-electron chi connectivity index (χ4n) is 1.62. The molecule has 2 heterocycles. The number of carboxylic acid groups (broad SMARTS) is 1. The summed E-state index contributed by atoms with van der Waals surface area (Å²) in [5.74, 6) is -0.679. The Labute approximate surface area is 101 Å². The molecule has 1 unspecified atom stereocenters. The maximum atomic E-state index is 11.8. The zero-order valence-corrected chi connectivity index (χ0v) is 9.01. The quantitative estimate of drug-likeness (QED) is 0.497. The number of urea groups is 1. The fraction of sp³-hybridized carbons (Fsp3) is 0.222. The van der Waals surface area contributed by atoms with E-state index in [4.69, 9.17) is 5.11 Å². The molecule has 18 heavy (non-hydrogen) atoms. The monoisotopic (exact) mass is 251 g/mol. The van der Waals surface area contributed by atoms with E-state index < -0.39 is 23.6 Å². The van der Waals surface area contributed by atoms with Gasteiger partial charge in [-0.05, 0) is 12.1 Å². The molecule has 9 nitrogen and oxygen atoms in total. The number of carbonyl (C=O) groups excluding carboxylic acids is 2. The minimum atomic E-state index is -1.57. The van der Waals surface area contributed by atoms with Gasteiger partial charge in [-0.15, -0.1) is 0 Å². The number of aromatic nitrogens is 2. The summed E-state index contributed by atoms with van der Waals surface area (Å²) in [6, 6.07) is 2.29. The zero-order valence-electron chi connectivity index (χ0n) is 9.01. The second-order valence-electron chi connectivity index (χ2n) is 3.58. The Balaban J connectivity index is 2.37. The first-order chi connectivity index (χ1) is 8.54. The van der Waals surface area contributed by atoms with Gasteiger partial charge in [0.05, 0.1) is 6.54 Å². The molecule has 1 aliphatic heterocycles. The molecule has 0 aliphatic carbocycles. The first-order valence-electron chi connectivity index (χ1n) is 4.93. The van der Waals surface area contributed by atoms with Gasteiger partial charge < -0.3 is 15.7 Å². The normalized spacial score (nSPS) is 22.2. The van der Waals surface area contributed by atoms with Crippen LogP contribution in [0.1, 0.15) is 5.69 Å². The Bertz CT molecular complexity index is 505. The molecule has 4 amide bonds. The maximum absolute atomic E-state index is 11.8. The molecule has 1 atom stereocenters. The summed E-state index contributed by atoms with van der Waals surface area (Å²) in [6.07, 6.45) is 0.0865. The van der Waals surface area contributed by atoms with Gasteiger partial charge in [0.1, 0.15) is 5.69 Å². The molecule has 9 heteroatoms. The number of nitrogens with zero attached hydrogens (tertiary/aromatic N) is 2. The van der Waals surface area contributed by atoms with Crippen LogP contribution in [0, 0.1) is 0 Å². The van der Waals surface area contributed by atoms with Crippen LogP contribution < -0.4 is 16.0 Å². The van der Waals surface area contributed by atoms with Gasteiger partial charge in [-0.3, -0.25) is 10.1 Å². The molecule has 0 spiro atoms. The summed E-state index contributed by atoms with van der Waals surface area (Å²) in [5, 5.41) is 22.4. The average Bonchev–Trinajstić information content (AvgIpc) is 2.64. The van der Waals surface area contributed by atoms with Crippen molar-refractivity contribution in [3.8, 4) is 0 Å². The van der Waals surface area contributed by atoms with Crippen LogP contribution in [0.25, 0.3) is 0 Å². The van der Waals surface area contributed by atoms with Crippen LogP contribution in [-0.4, -0.2) is 39.9 Å². The van der Waals surface area contributed by atoms with E-state index in [-0.39, 0.29) is 12.2 Å². The first kappa shape index (κ1) is 11.8. The van der Waals surface area contributed by atoms with Gasteiger partial charge in [0.2, 0.25) is 0 Å². The van der Waals surface area contributed by atoms with Gasteiger partial charge in [0.15, 0.2) is 5.54 Å². The lowest BCUT2D eigenvalue weighted by Gasteiger charge is -2.24. The summed E-state index contributed by atoms with van der Waals surface area (Å²) >= 11 is 0. The highest BCUT2D eigenvalue weighted by Gasteiger charge is 2.49. The van der Waals surface area contributed by atoms with Crippen molar-refractivity contribution in [3.63, 3.8) is 0 Å². The molecule has 0 aromatic carbocycles. The molecule has 1 saturated heterocycles. The predicted octanol–water partition coefficient (Wildman–Crippen LogP) is -1.22. The molecular formula is C9H9N5O4. The van der Waals surface area contributed by atoms with Gasteiger partial charge in [0.25, 0.3) is 5.91 Å². The molecule has 0 radical (unpaired) electrons. The molecule has 1 aromatic heterocycles. The summed E-state index contributed by atoms with van der Waals surface area (Å²) < 4.78 is 0. The fourth-order valence-corrected chi connectivity index (χ4v) is 1.62. The molecule has 4 N–H and O–H groups in total. The third-order valence-corrected chi connectivity index (χ3v) is 2.46. The Morgan fingerprint density at radius 2 is 2.28 bits per heavy atom. The van der Waals surface area contributed by atoms with E-state index in [0.29, 0.717) is 0 Å². The first-order valence-corrected chi connectivity index (χ1v) is 4.93. The second-order valence-corrected chi connectivity index (χ2v) is 3.58. The van der Waals surface area contributed by atoms with Crippen molar-refractivity contribution in [1.29, 1.82) is 0 Å². The zero-order chi connectivity index (χ0) is 13.2. The van der Waals surface area contributed by atoms with Crippen LogP contribution in [0.15, 0.2) is 18.3 Å². The molecule has 0 saturated carbocycles. The van der Waals surface area contributed by atoms with E-state index in [1.807, 2.05) is 5.32 Å². The second kappa shape index (κ2) is 4.28. The molecule has 1 aliphatic rings. The number of hydrogen-bond acceptors (Lipinski definition) is 5. The molecule has 1 fully saturated rings. The van der Waals surface area contributed by atoms with Crippen molar-refractivity contribution in [2.45, 2.75) is 5.54 Å². The highest BCUT2D eigenvalue weighted by atomic mass is 16.4. The van der Waals surface area contributed by atoms with Gasteiger partial charge >= 0.3 is 12.1 Å². The number of nitrogens with one attached hydrogen (secondary N) is 3. The van der Waals surface area contributed by atoms with Gasteiger partial charge in [-0.1, -0.05) is 0 Å². The number of amides is 4. The lowest BCUT2D eigenvalue weighted by molar-refractivity contribution is -0.124. The van der Waals surface area contributed by atoms with Gasteiger partial charge in [-0.25, -0.2) is 9.59 Å². The highest BCUT2D eigenvalue weighted by molar-refractivity contribution is 6.07. The minimum Gasteiger partial charge on any atom is -0.465 e. The van der Waals surface area contributed by atoms with E-state index in [1.165, 1.54) is 18.3 Å². The molecular weight excluding hydrogens is 242 g/mol. The smallest absolute Gasteiger partial charge is 0.404 e. The van der Waals surface area contributed by atoms with E-state index in [2.05, 4.69) is 20.8 Å². The van der Waals surface area contributed by atoms with Crippen LogP contribution in [0.4, 0.5) is 9.59 Å². The topological polar surface area (TPSA) is 133 Å². The molecule has 0 bridgehead atoms. The standard InChI is InChI=1S/C9H9N5O4/c15-6-9(4-10-8(17)18,13-7(16)12-6)5-2-1-3-11-14-5/h1-3,10H,4H2,(H,17,18)(H2,12,13,15,16). The summed E-state index contributed by atoms with van der Waals surface area (Å²) in [6.45, 7) is -0.335. The molecule has 2 rings (SSSR count). The Morgan fingerprint density at radius 1 is 1.50 bits per heavy atom. The summed E-state index contributed by atoms with van der Waals surface area (Å²) in [4.78, 5) is 33.6.